The van der Waals surface area contributed by atoms with E-state index >= 15 is 0 Å². The van der Waals surface area contributed by atoms with Crippen LogP contribution < -0.4 is 0 Å². The molecule has 0 aliphatic rings. The molecule has 0 N–H and O–H groups in total. The number of hydrogen-bond acceptors (Lipinski definition) is 1. The van der Waals surface area contributed by atoms with Crippen LogP contribution in [0.3, 0.4) is 0 Å². The van der Waals surface area contributed by atoms with Gasteiger partial charge < -0.3 is 0 Å². The van der Waals surface area contributed by atoms with E-state index < -0.39 is 0 Å². The van der Waals surface area contributed by atoms with Crippen molar-refractivity contribution in [3.05, 3.63) is 120 Å². The van der Waals surface area contributed by atoms with E-state index in [1.807, 2.05) is 6.07 Å². The number of aromatic nitrogens is 2. The number of aryl methyl sites for hydroxylation is 1. The zero-order valence-corrected chi connectivity index (χ0v) is 14.2. The summed E-state index contributed by atoms with van der Waals surface area (Å²) < 4.78 is 2.07. The first-order chi connectivity index (χ1) is 12.3. The van der Waals surface area contributed by atoms with Gasteiger partial charge in [0.05, 0.1) is 23.0 Å². The van der Waals surface area contributed by atoms with Crippen LogP contribution in [0.15, 0.2) is 97.1 Å². The maximum Gasteiger partial charge on any atom is 0.0649 e. The molecule has 0 atom stereocenters. The van der Waals surface area contributed by atoms with Crippen LogP contribution >= 0.6 is 0 Å². The minimum absolute atomic E-state index is 0.142. The SMILES string of the molecule is Cc1cc(C(c2ccccc2)c2ccccc2)n(-c2ccccc2)n1. The third-order valence-corrected chi connectivity index (χ3v) is 4.42. The lowest BCUT2D eigenvalue weighted by atomic mass is 9.88. The van der Waals surface area contributed by atoms with Crippen LogP contribution in [0.5, 0.6) is 0 Å². The van der Waals surface area contributed by atoms with Crippen molar-refractivity contribution >= 4 is 0 Å². The lowest BCUT2D eigenvalue weighted by molar-refractivity contribution is 0.774. The minimum Gasteiger partial charge on any atom is -0.237 e. The maximum atomic E-state index is 4.77. The molecule has 122 valence electrons. The quantitative estimate of drug-likeness (QED) is 0.494. The van der Waals surface area contributed by atoms with Gasteiger partial charge in [0.25, 0.3) is 0 Å². The molecule has 0 spiro atoms. The Labute approximate surface area is 148 Å². The van der Waals surface area contributed by atoms with Crippen molar-refractivity contribution < 1.29 is 0 Å². The summed E-state index contributed by atoms with van der Waals surface area (Å²) in [4.78, 5) is 0. The highest BCUT2D eigenvalue weighted by molar-refractivity contribution is 5.44. The molecule has 1 heterocycles. The summed E-state index contributed by atoms with van der Waals surface area (Å²) in [5.41, 5.74) is 5.83. The number of para-hydroxylation sites is 1. The highest BCUT2D eigenvalue weighted by Gasteiger charge is 2.22. The van der Waals surface area contributed by atoms with Gasteiger partial charge in [-0.05, 0) is 36.2 Å². The summed E-state index contributed by atoms with van der Waals surface area (Å²) in [7, 11) is 0. The van der Waals surface area contributed by atoms with E-state index in [1.54, 1.807) is 0 Å². The Morgan fingerprint density at radius 2 is 1.16 bits per heavy atom. The normalized spacial score (nSPS) is 11.0. The van der Waals surface area contributed by atoms with Crippen LogP contribution in [0.2, 0.25) is 0 Å². The van der Waals surface area contributed by atoms with Gasteiger partial charge in [0.15, 0.2) is 0 Å². The van der Waals surface area contributed by atoms with Crippen molar-refractivity contribution in [2.24, 2.45) is 0 Å². The molecule has 1 aromatic heterocycles. The van der Waals surface area contributed by atoms with Crippen molar-refractivity contribution in [1.82, 2.24) is 9.78 Å². The molecule has 0 aliphatic carbocycles. The van der Waals surface area contributed by atoms with Crippen molar-refractivity contribution in [3.63, 3.8) is 0 Å². The predicted molar refractivity (Wildman–Crippen MR) is 102 cm³/mol. The molecule has 3 aromatic carbocycles. The Morgan fingerprint density at radius 3 is 1.68 bits per heavy atom. The second-order valence-corrected chi connectivity index (χ2v) is 6.21. The summed E-state index contributed by atoms with van der Waals surface area (Å²) in [6.07, 6.45) is 0. The number of benzene rings is 3. The fourth-order valence-corrected chi connectivity index (χ4v) is 3.33. The zero-order valence-electron chi connectivity index (χ0n) is 14.2. The minimum atomic E-state index is 0.142. The van der Waals surface area contributed by atoms with Gasteiger partial charge in [-0.1, -0.05) is 78.9 Å². The third-order valence-electron chi connectivity index (χ3n) is 4.42. The van der Waals surface area contributed by atoms with E-state index in [2.05, 4.69) is 103 Å². The van der Waals surface area contributed by atoms with Crippen molar-refractivity contribution in [3.8, 4) is 5.69 Å². The summed E-state index contributed by atoms with van der Waals surface area (Å²) in [6.45, 7) is 2.05. The molecule has 0 fully saturated rings. The van der Waals surface area contributed by atoms with Crippen LogP contribution in [0, 0.1) is 6.92 Å². The molecule has 4 aromatic rings. The van der Waals surface area contributed by atoms with Crippen molar-refractivity contribution in [2.75, 3.05) is 0 Å². The first-order valence-corrected chi connectivity index (χ1v) is 8.55. The second kappa shape index (κ2) is 6.78. The Morgan fingerprint density at radius 1 is 0.680 bits per heavy atom. The highest BCUT2D eigenvalue weighted by Crippen LogP contribution is 2.33. The average Bonchev–Trinajstić information content (AvgIpc) is 3.06. The molecule has 4 rings (SSSR count). The molecule has 0 amide bonds. The van der Waals surface area contributed by atoms with E-state index in [0.717, 1.165) is 11.4 Å². The van der Waals surface area contributed by atoms with Gasteiger partial charge in [-0.25, -0.2) is 4.68 Å². The molecular formula is C23H20N2. The molecule has 0 saturated heterocycles. The molecule has 0 saturated carbocycles. The second-order valence-electron chi connectivity index (χ2n) is 6.21. The van der Waals surface area contributed by atoms with Crippen LogP contribution in [0.25, 0.3) is 5.69 Å². The molecule has 0 unspecified atom stereocenters. The molecule has 0 aliphatic heterocycles. The average molecular weight is 324 g/mol. The van der Waals surface area contributed by atoms with Crippen LogP contribution in [-0.4, -0.2) is 9.78 Å². The summed E-state index contributed by atoms with van der Waals surface area (Å²) in [5.74, 6) is 0.142. The Bertz CT molecular complexity index is 902. The van der Waals surface area contributed by atoms with Crippen LogP contribution in [0.4, 0.5) is 0 Å². The third kappa shape index (κ3) is 3.11. The van der Waals surface area contributed by atoms with Crippen LogP contribution in [0.1, 0.15) is 28.4 Å². The smallest absolute Gasteiger partial charge is 0.0649 e. The number of hydrogen-bond donors (Lipinski definition) is 0. The Kier molecular flexibility index (Phi) is 4.17. The monoisotopic (exact) mass is 324 g/mol. The predicted octanol–water partition coefficient (Wildman–Crippen LogP) is 5.36. The molecular weight excluding hydrogens is 304 g/mol. The highest BCUT2D eigenvalue weighted by atomic mass is 15.3. The lowest BCUT2D eigenvalue weighted by Gasteiger charge is -2.20. The van der Waals surface area contributed by atoms with Gasteiger partial charge in [-0.2, -0.15) is 5.10 Å². The van der Waals surface area contributed by atoms with Gasteiger partial charge in [-0.15, -0.1) is 0 Å². The van der Waals surface area contributed by atoms with Gasteiger partial charge in [0, 0.05) is 0 Å². The zero-order chi connectivity index (χ0) is 17.1. The standard InChI is InChI=1S/C23H20N2/c1-18-17-22(25(24-18)21-15-9-4-10-16-21)23(19-11-5-2-6-12-19)20-13-7-3-8-14-20/h2-17,23H,1H3. The molecule has 2 heteroatoms. The molecule has 0 bridgehead atoms. The van der Waals surface area contributed by atoms with E-state index in [0.29, 0.717) is 0 Å². The number of rotatable bonds is 4. The van der Waals surface area contributed by atoms with E-state index in [1.165, 1.54) is 16.8 Å². The molecule has 25 heavy (non-hydrogen) atoms. The van der Waals surface area contributed by atoms with E-state index in [-0.39, 0.29) is 5.92 Å². The summed E-state index contributed by atoms with van der Waals surface area (Å²) in [5, 5.41) is 4.77. The maximum absolute atomic E-state index is 4.77. The summed E-state index contributed by atoms with van der Waals surface area (Å²) in [6, 6.07) is 33.8. The van der Waals surface area contributed by atoms with Gasteiger partial charge in [-0.3, -0.25) is 0 Å². The van der Waals surface area contributed by atoms with E-state index in [9.17, 15) is 0 Å². The summed E-state index contributed by atoms with van der Waals surface area (Å²) >= 11 is 0. The number of nitrogens with zero attached hydrogens (tertiary/aromatic N) is 2. The van der Waals surface area contributed by atoms with Crippen molar-refractivity contribution in [1.29, 1.82) is 0 Å². The Hall–Kier alpha value is -3.13. The van der Waals surface area contributed by atoms with Crippen LogP contribution in [-0.2, 0) is 0 Å². The molecule has 2 nitrogen and oxygen atoms in total. The lowest BCUT2D eigenvalue weighted by Crippen LogP contribution is -2.10. The topological polar surface area (TPSA) is 17.8 Å². The van der Waals surface area contributed by atoms with Gasteiger partial charge >= 0.3 is 0 Å². The first-order valence-electron chi connectivity index (χ1n) is 8.55. The molecule has 0 radical (unpaired) electrons. The van der Waals surface area contributed by atoms with Gasteiger partial charge in [0.2, 0.25) is 0 Å². The van der Waals surface area contributed by atoms with E-state index in [4.69, 9.17) is 5.10 Å². The fraction of sp³-hybridized carbons (Fsp3) is 0.0870. The van der Waals surface area contributed by atoms with Gasteiger partial charge in [0.1, 0.15) is 0 Å². The first kappa shape index (κ1) is 15.4. The Balaban J connectivity index is 1.93. The fourth-order valence-electron chi connectivity index (χ4n) is 3.33. The van der Waals surface area contributed by atoms with Crippen molar-refractivity contribution in [2.45, 2.75) is 12.8 Å². The largest absolute Gasteiger partial charge is 0.237 e.